The monoisotopic (exact) mass is 732 g/mol. The van der Waals surface area contributed by atoms with Gasteiger partial charge in [0.05, 0.1) is 16.7 Å². The van der Waals surface area contributed by atoms with Gasteiger partial charge in [-0.1, -0.05) is 115 Å². The highest BCUT2D eigenvalue weighted by Crippen LogP contribution is 2.42. The number of furan rings is 2. The van der Waals surface area contributed by atoms with Gasteiger partial charge in [-0.3, -0.25) is 4.40 Å². The zero-order valence-corrected chi connectivity index (χ0v) is 30.6. The lowest BCUT2D eigenvalue weighted by Crippen LogP contribution is -2.09. The van der Waals surface area contributed by atoms with Gasteiger partial charge in [0.2, 0.25) is 11.5 Å². The van der Waals surface area contributed by atoms with Crippen LogP contribution in [-0.4, -0.2) is 14.0 Å². The van der Waals surface area contributed by atoms with E-state index in [-0.39, 0.29) is 0 Å². The molecule has 0 radical (unpaired) electrons. The van der Waals surface area contributed by atoms with E-state index in [2.05, 4.69) is 159 Å². The molecule has 4 heterocycles. The van der Waals surface area contributed by atoms with Gasteiger partial charge in [-0.05, 0) is 101 Å². The summed E-state index contributed by atoms with van der Waals surface area (Å²) in [5, 5.41) is 3.30. The first-order chi connectivity index (χ1) is 28.3. The Kier molecular flexibility index (Phi) is 6.83. The zero-order chi connectivity index (χ0) is 37.5. The van der Waals surface area contributed by atoms with Gasteiger partial charge < -0.3 is 13.7 Å². The van der Waals surface area contributed by atoms with Crippen LogP contribution < -0.4 is 4.90 Å². The summed E-state index contributed by atoms with van der Waals surface area (Å²) < 4.78 is 17.1. The van der Waals surface area contributed by atoms with E-state index < -0.39 is 0 Å². The van der Waals surface area contributed by atoms with Crippen LogP contribution >= 0.6 is 0 Å². The third kappa shape index (κ3) is 4.87. The van der Waals surface area contributed by atoms with Crippen LogP contribution in [0.15, 0.2) is 203 Å². The molecule has 0 amide bonds. The standard InChI is InChI=1S/C51H32N4O2/c1-3-12-33(13-4-1)34-22-26-37(27-23-34)53(38-28-24-35(25-29-38)40-18-11-21-47-48(40)41-16-7-9-19-45(41)56-47)39-30-31-44-43(32-39)52-51-54(36-14-5-2-6-15-36)50-49(55(44)51)42-17-8-10-20-46(42)57-50/h1-32H. The maximum Gasteiger partial charge on any atom is 0.232 e. The normalized spacial score (nSPS) is 11.9. The molecule has 12 aromatic rings. The predicted molar refractivity (Wildman–Crippen MR) is 232 cm³/mol. The fourth-order valence-corrected chi connectivity index (χ4v) is 8.54. The molecule has 0 aliphatic carbocycles. The Hall–Kier alpha value is -7.83. The number of anilines is 3. The van der Waals surface area contributed by atoms with Gasteiger partial charge in [0, 0.05) is 33.2 Å². The van der Waals surface area contributed by atoms with Crippen LogP contribution in [-0.2, 0) is 0 Å². The van der Waals surface area contributed by atoms with Crippen LogP contribution in [0.3, 0.4) is 0 Å². The van der Waals surface area contributed by atoms with Crippen LogP contribution in [0.5, 0.6) is 0 Å². The Bertz CT molecular complexity index is 3450. The van der Waals surface area contributed by atoms with Crippen molar-refractivity contribution in [1.82, 2.24) is 14.0 Å². The third-order valence-corrected chi connectivity index (χ3v) is 11.1. The third-order valence-electron chi connectivity index (χ3n) is 11.1. The first-order valence-electron chi connectivity index (χ1n) is 19.1. The molecule has 12 rings (SSSR count). The lowest BCUT2D eigenvalue weighted by Gasteiger charge is -2.26. The molecule has 0 spiro atoms. The summed E-state index contributed by atoms with van der Waals surface area (Å²) in [6, 6.07) is 67.8. The van der Waals surface area contributed by atoms with Crippen LogP contribution in [0.2, 0.25) is 0 Å². The Morgan fingerprint density at radius 3 is 1.81 bits per heavy atom. The number of benzene rings is 8. The number of para-hydroxylation sites is 3. The number of nitrogens with zero attached hydrogens (tertiary/aromatic N) is 4. The van der Waals surface area contributed by atoms with Gasteiger partial charge in [0.15, 0.2) is 0 Å². The van der Waals surface area contributed by atoms with E-state index in [4.69, 9.17) is 13.8 Å². The smallest absolute Gasteiger partial charge is 0.232 e. The molecule has 0 atom stereocenters. The molecule has 0 saturated carbocycles. The van der Waals surface area contributed by atoms with Crippen molar-refractivity contribution in [3.63, 3.8) is 0 Å². The molecular weight excluding hydrogens is 701 g/mol. The first-order valence-corrected chi connectivity index (χ1v) is 19.1. The Labute approximate surface area is 326 Å². The highest BCUT2D eigenvalue weighted by atomic mass is 16.3. The quantitative estimate of drug-likeness (QED) is 0.171. The molecule has 0 fully saturated rings. The minimum atomic E-state index is 0.773. The van der Waals surface area contributed by atoms with Crippen molar-refractivity contribution in [1.29, 1.82) is 0 Å². The van der Waals surface area contributed by atoms with Gasteiger partial charge in [0.1, 0.15) is 22.3 Å². The molecule has 57 heavy (non-hydrogen) atoms. The zero-order valence-electron chi connectivity index (χ0n) is 30.6. The Morgan fingerprint density at radius 2 is 1.05 bits per heavy atom. The van der Waals surface area contributed by atoms with E-state index in [0.29, 0.717) is 0 Å². The molecule has 6 heteroatoms. The molecule has 0 bridgehead atoms. The summed E-state index contributed by atoms with van der Waals surface area (Å²) in [6.07, 6.45) is 0. The molecule has 6 nitrogen and oxygen atoms in total. The second-order valence-electron chi connectivity index (χ2n) is 14.4. The summed E-state index contributed by atoms with van der Waals surface area (Å²) in [7, 11) is 0. The fourth-order valence-electron chi connectivity index (χ4n) is 8.54. The largest absolute Gasteiger partial charge is 0.456 e. The van der Waals surface area contributed by atoms with Gasteiger partial charge in [-0.2, -0.15) is 0 Å². The van der Waals surface area contributed by atoms with E-state index in [0.717, 1.165) is 94.8 Å². The predicted octanol–water partition coefficient (Wildman–Crippen LogP) is 13.9. The molecule has 268 valence electrons. The molecule has 0 unspecified atom stereocenters. The number of fused-ring (bicyclic) bond motifs is 10. The van der Waals surface area contributed by atoms with Gasteiger partial charge in [0.25, 0.3) is 0 Å². The minimum absolute atomic E-state index is 0.773. The molecule has 0 aliphatic heterocycles. The lowest BCUT2D eigenvalue weighted by atomic mass is 9.99. The maximum atomic E-state index is 6.52. The van der Waals surface area contributed by atoms with Crippen molar-refractivity contribution < 1.29 is 8.83 Å². The summed E-state index contributed by atoms with van der Waals surface area (Å²) in [5.74, 6) is 0.803. The van der Waals surface area contributed by atoms with Gasteiger partial charge >= 0.3 is 0 Å². The summed E-state index contributed by atoms with van der Waals surface area (Å²) in [6.45, 7) is 0. The molecule has 0 aliphatic rings. The van der Waals surface area contributed by atoms with Gasteiger partial charge in [-0.15, -0.1) is 0 Å². The highest BCUT2D eigenvalue weighted by Gasteiger charge is 2.24. The van der Waals surface area contributed by atoms with Crippen molar-refractivity contribution in [3.8, 4) is 27.9 Å². The van der Waals surface area contributed by atoms with Crippen molar-refractivity contribution >= 4 is 78.0 Å². The van der Waals surface area contributed by atoms with Crippen molar-refractivity contribution in [3.05, 3.63) is 194 Å². The highest BCUT2D eigenvalue weighted by molar-refractivity contribution is 6.12. The van der Waals surface area contributed by atoms with E-state index in [1.807, 2.05) is 48.5 Å². The van der Waals surface area contributed by atoms with E-state index in [1.165, 1.54) is 11.1 Å². The van der Waals surface area contributed by atoms with E-state index >= 15 is 0 Å². The van der Waals surface area contributed by atoms with E-state index in [1.54, 1.807) is 0 Å². The fraction of sp³-hybridized carbons (Fsp3) is 0. The second-order valence-corrected chi connectivity index (χ2v) is 14.4. The second kappa shape index (κ2) is 12.3. The molecule has 4 aromatic heterocycles. The number of hydrogen-bond donors (Lipinski definition) is 0. The number of hydrogen-bond acceptors (Lipinski definition) is 4. The maximum absolute atomic E-state index is 6.52. The Balaban J connectivity index is 1.03. The van der Waals surface area contributed by atoms with Crippen molar-refractivity contribution in [2.75, 3.05) is 4.90 Å². The van der Waals surface area contributed by atoms with Crippen LogP contribution in [0.4, 0.5) is 17.1 Å². The van der Waals surface area contributed by atoms with E-state index in [9.17, 15) is 0 Å². The van der Waals surface area contributed by atoms with Gasteiger partial charge in [-0.25, -0.2) is 9.55 Å². The van der Waals surface area contributed by atoms with Crippen LogP contribution in [0.25, 0.3) is 88.9 Å². The van der Waals surface area contributed by atoms with Crippen molar-refractivity contribution in [2.45, 2.75) is 0 Å². The minimum Gasteiger partial charge on any atom is -0.456 e. The number of rotatable bonds is 6. The first kappa shape index (κ1) is 31.5. The van der Waals surface area contributed by atoms with Crippen LogP contribution in [0.1, 0.15) is 0 Å². The summed E-state index contributed by atoms with van der Waals surface area (Å²) in [4.78, 5) is 7.63. The molecule has 0 N–H and O–H groups in total. The average Bonchev–Trinajstić information content (AvgIpc) is 4.02. The molecule has 8 aromatic carbocycles. The molecular formula is C51H32N4O2. The molecule has 0 saturated heterocycles. The summed E-state index contributed by atoms with van der Waals surface area (Å²) >= 11 is 0. The number of aromatic nitrogens is 3. The number of imidazole rings is 2. The van der Waals surface area contributed by atoms with Crippen molar-refractivity contribution in [2.24, 2.45) is 0 Å². The average molecular weight is 733 g/mol. The summed E-state index contributed by atoms with van der Waals surface area (Å²) in [5.41, 5.74) is 15.0. The topological polar surface area (TPSA) is 51.8 Å². The Morgan fingerprint density at radius 1 is 0.456 bits per heavy atom. The SMILES string of the molecule is c1ccc(-c2ccc(N(c3ccc(-c4cccc5oc6ccccc6c45)cc3)c3ccc4c(c3)nc3n(-c5ccccc5)c5oc6ccccc6c5n43)cc2)cc1. The lowest BCUT2D eigenvalue weighted by molar-refractivity contribution is 0.645. The van der Waals surface area contributed by atoms with Crippen LogP contribution in [0, 0.1) is 0 Å².